The summed E-state index contributed by atoms with van der Waals surface area (Å²) in [5.74, 6) is 0.278. The minimum absolute atomic E-state index is 0.108. The third kappa shape index (κ3) is 4.46. The van der Waals surface area contributed by atoms with Crippen molar-refractivity contribution >= 4 is 5.91 Å². The first-order chi connectivity index (χ1) is 9.16. The van der Waals surface area contributed by atoms with Crippen LogP contribution in [0.3, 0.4) is 0 Å². The third-order valence-electron chi connectivity index (χ3n) is 4.32. The van der Waals surface area contributed by atoms with Crippen LogP contribution in [0.25, 0.3) is 0 Å². The van der Waals surface area contributed by atoms with Gasteiger partial charge in [-0.2, -0.15) is 0 Å². The first kappa shape index (κ1) is 14.8. The van der Waals surface area contributed by atoms with Crippen LogP contribution in [-0.2, 0) is 9.53 Å². The van der Waals surface area contributed by atoms with Gasteiger partial charge >= 0.3 is 0 Å². The van der Waals surface area contributed by atoms with Gasteiger partial charge in [0.1, 0.15) is 0 Å². The number of amides is 1. The van der Waals surface area contributed by atoms with Crippen LogP contribution in [0.5, 0.6) is 0 Å². The van der Waals surface area contributed by atoms with Crippen molar-refractivity contribution in [3.63, 3.8) is 0 Å². The summed E-state index contributed by atoms with van der Waals surface area (Å²) in [5.41, 5.74) is 5.76. The average Bonchev–Trinajstić information content (AvgIpc) is 3.05. The Balaban J connectivity index is 1.89. The fraction of sp³-hybridized carbons (Fsp3) is 0.933. The first-order valence-corrected chi connectivity index (χ1v) is 7.83. The number of nitrogens with two attached hydrogens (primary N) is 1. The molecule has 1 saturated carbocycles. The Morgan fingerprint density at radius 3 is 2.63 bits per heavy atom. The molecule has 2 rings (SSSR count). The lowest BCUT2D eigenvalue weighted by Gasteiger charge is -2.31. The molecule has 0 bridgehead atoms. The highest BCUT2D eigenvalue weighted by Gasteiger charge is 2.29. The van der Waals surface area contributed by atoms with Crippen LogP contribution >= 0.6 is 0 Å². The van der Waals surface area contributed by atoms with Crippen LogP contribution < -0.4 is 5.73 Å². The van der Waals surface area contributed by atoms with E-state index in [0.29, 0.717) is 12.5 Å². The zero-order chi connectivity index (χ0) is 13.7. The molecule has 2 atom stereocenters. The molecule has 110 valence electrons. The quantitative estimate of drug-likeness (QED) is 0.802. The van der Waals surface area contributed by atoms with Gasteiger partial charge in [0.2, 0.25) is 5.91 Å². The van der Waals surface area contributed by atoms with Gasteiger partial charge in [-0.05, 0) is 39.0 Å². The molecule has 19 heavy (non-hydrogen) atoms. The zero-order valence-electron chi connectivity index (χ0n) is 12.1. The van der Waals surface area contributed by atoms with Crippen LogP contribution in [-0.4, -0.2) is 42.1 Å². The summed E-state index contributed by atoms with van der Waals surface area (Å²) in [4.78, 5) is 14.5. The molecular formula is C15H28N2O2. The molecule has 2 unspecified atom stereocenters. The maximum atomic E-state index is 12.4. The van der Waals surface area contributed by atoms with E-state index in [-0.39, 0.29) is 18.1 Å². The van der Waals surface area contributed by atoms with E-state index in [4.69, 9.17) is 10.5 Å². The predicted octanol–water partition coefficient (Wildman–Crippen LogP) is 2.06. The molecule has 4 nitrogen and oxygen atoms in total. The molecule has 2 aliphatic rings. The highest BCUT2D eigenvalue weighted by atomic mass is 16.5. The lowest BCUT2D eigenvalue weighted by Crippen LogP contribution is -2.43. The molecular weight excluding hydrogens is 240 g/mol. The van der Waals surface area contributed by atoms with E-state index in [1.165, 1.54) is 12.8 Å². The molecule has 1 aliphatic carbocycles. The van der Waals surface area contributed by atoms with E-state index in [2.05, 4.69) is 4.90 Å². The molecule has 4 heteroatoms. The van der Waals surface area contributed by atoms with E-state index in [0.717, 1.165) is 45.3 Å². The van der Waals surface area contributed by atoms with Gasteiger partial charge in [-0.15, -0.1) is 0 Å². The summed E-state index contributed by atoms with van der Waals surface area (Å²) in [7, 11) is 0. The Kier molecular flexibility index (Phi) is 5.64. The predicted molar refractivity (Wildman–Crippen MR) is 75.8 cm³/mol. The van der Waals surface area contributed by atoms with Crippen molar-refractivity contribution in [1.82, 2.24) is 4.90 Å². The highest BCUT2D eigenvalue weighted by molar-refractivity contribution is 5.76. The van der Waals surface area contributed by atoms with E-state index < -0.39 is 0 Å². The van der Waals surface area contributed by atoms with Gasteiger partial charge in [0.25, 0.3) is 0 Å². The second kappa shape index (κ2) is 7.25. The van der Waals surface area contributed by atoms with Crippen molar-refractivity contribution in [3.8, 4) is 0 Å². The van der Waals surface area contributed by atoms with E-state index in [1.807, 2.05) is 6.92 Å². The average molecular weight is 268 g/mol. The number of rotatable bonds is 6. The summed E-state index contributed by atoms with van der Waals surface area (Å²) >= 11 is 0. The van der Waals surface area contributed by atoms with Crippen molar-refractivity contribution in [2.45, 2.75) is 76.5 Å². The Labute approximate surface area is 116 Å². The fourth-order valence-corrected chi connectivity index (χ4v) is 3.17. The van der Waals surface area contributed by atoms with Crippen molar-refractivity contribution < 1.29 is 9.53 Å². The molecule has 1 aliphatic heterocycles. The van der Waals surface area contributed by atoms with Crippen molar-refractivity contribution in [3.05, 3.63) is 0 Å². The van der Waals surface area contributed by atoms with Crippen molar-refractivity contribution in [1.29, 1.82) is 0 Å². The second-order valence-electron chi connectivity index (χ2n) is 6.14. The van der Waals surface area contributed by atoms with Crippen LogP contribution in [0.1, 0.15) is 58.3 Å². The molecule has 0 aromatic heterocycles. The Hall–Kier alpha value is -0.610. The largest absolute Gasteiger partial charge is 0.376 e. The molecule has 2 N–H and O–H groups in total. The van der Waals surface area contributed by atoms with Crippen molar-refractivity contribution in [2.24, 2.45) is 5.73 Å². The van der Waals surface area contributed by atoms with Crippen LogP contribution in [0.2, 0.25) is 0 Å². The summed E-state index contributed by atoms with van der Waals surface area (Å²) in [6, 6.07) is 0.557. The number of carbonyl (C=O) groups is 1. The molecule has 0 spiro atoms. The highest BCUT2D eigenvalue weighted by Crippen LogP contribution is 2.26. The molecule has 2 fully saturated rings. The molecule has 1 amide bonds. The Bertz CT molecular complexity index is 282. The Morgan fingerprint density at radius 1 is 1.32 bits per heavy atom. The van der Waals surface area contributed by atoms with Gasteiger partial charge in [-0.3, -0.25) is 4.79 Å². The minimum atomic E-state index is 0.108. The van der Waals surface area contributed by atoms with Gasteiger partial charge in [0, 0.05) is 31.7 Å². The standard InChI is InChI=1S/C15H28N2O2/c1-12(16)8-9-15(18)17(13-5-2-3-6-13)11-14-7-4-10-19-14/h12-14H,2-11,16H2,1H3. The number of ether oxygens (including phenoxy) is 1. The number of nitrogens with zero attached hydrogens (tertiary/aromatic N) is 1. The summed E-state index contributed by atoms with van der Waals surface area (Å²) in [6.45, 7) is 3.62. The van der Waals surface area contributed by atoms with Gasteiger partial charge in [0.05, 0.1) is 6.10 Å². The van der Waals surface area contributed by atoms with Crippen LogP contribution in [0, 0.1) is 0 Å². The van der Waals surface area contributed by atoms with Crippen LogP contribution in [0.15, 0.2) is 0 Å². The van der Waals surface area contributed by atoms with E-state index in [9.17, 15) is 4.79 Å². The zero-order valence-corrected chi connectivity index (χ0v) is 12.1. The van der Waals surface area contributed by atoms with Gasteiger partial charge in [-0.1, -0.05) is 12.8 Å². The van der Waals surface area contributed by atoms with Gasteiger partial charge in [0.15, 0.2) is 0 Å². The fourth-order valence-electron chi connectivity index (χ4n) is 3.17. The van der Waals surface area contributed by atoms with E-state index in [1.54, 1.807) is 0 Å². The monoisotopic (exact) mass is 268 g/mol. The third-order valence-corrected chi connectivity index (χ3v) is 4.32. The number of carbonyl (C=O) groups excluding carboxylic acids is 1. The smallest absolute Gasteiger partial charge is 0.222 e. The number of hydrogen-bond acceptors (Lipinski definition) is 3. The summed E-state index contributed by atoms with van der Waals surface area (Å²) in [6.07, 6.45) is 8.71. The maximum Gasteiger partial charge on any atom is 0.222 e. The molecule has 1 heterocycles. The lowest BCUT2D eigenvalue weighted by atomic mass is 10.1. The minimum Gasteiger partial charge on any atom is -0.376 e. The van der Waals surface area contributed by atoms with Crippen LogP contribution in [0.4, 0.5) is 0 Å². The maximum absolute atomic E-state index is 12.4. The molecule has 0 aromatic carbocycles. The van der Waals surface area contributed by atoms with Crippen molar-refractivity contribution in [2.75, 3.05) is 13.2 Å². The number of hydrogen-bond donors (Lipinski definition) is 1. The topological polar surface area (TPSA) is 55.6 Å². The van der Waals surface area contributed by atoms with E-state index >= 15 is 0 Å². The van der Waals surface area contributed by atoms with Gasteiger partial charge < -0.3 is 15.4 Å². The molecule has 1 saturated heterocycles. The van der Waals surface area contributed by atoms with Gasteiger partial charge in [-0.25, -0.2) is 0 Å². The summed E-state index contributed by atoms with van der Waals surface area (Å²) in [5, 5.41) is 0. The normalized spacial score (nSPS) is 25.7. The first-order valence-electron chi connectivity index (χ1n) is 7.83. The molecule has 0 radical (unpaired) electrons. The second-order valence-corrected chi connectivity index (χ2v) is 6.14. The lowest BCUT2D eigenvalue weighted by molar-refractivity contribution is -0.135. The summed E-state index contributed by atoms with van der Waals surface area (Å²) < 4.78 is 5.70. The Morgan fingerprint density at radius 2 is 2.05 bits per heavy atom. The molecule has 0 aromatic rings. The SMILES string of the molecule is CC(N)CCC(=O)N(CC1CCCO1)C1CCCC1.